The quantitative estimate of drug-likeness (QED) is 0.165. The molecule has 4 rings (SSSR count). The van der Waals surface area contributed by atoms with Crippen LogP contribution in [0.1, 0.15) is 23.6 Å². The Morgan fingerprint density at radius 2 is 1.22 bits per heavy atom. The molecule has 0 aromatic heterocycles. The standard InChI is InChI=1S/C29H31IO6/c1-21(31)35-29-26(30)28(34-19-24-15-9-4-10-16-24)27(33-18-23-13-7-3-8-14-23)25(36-29)20-32-17-22-11-5-2-6-12-22/h2-16,25-29H,17-20H2,1H3/t25-,26-,27+,28-,29+/m1/s1. The van der Waals surface area contributed by atoms with Crippen molar-refractivity contribution < 1.29 is 28.5 Å². The Morgan fingerprint density at radius 1 is 0.750 bits per heavy atom. The molecule has 1 aliphatic rings. The van der Waals surface area contributed by atoms with E-state index in [1.807, 2.05) is 91.0 Å². The van der Waals surface area contributed by atoms with Crippen LogP contribution in [0.4, 0.5) is 0 Å². The zero-order chi connectivity index (χ0) is 25.2. The molecule has 3 aromatic carbocycles. The average molecular weight is 602 g/mol. The predicted molar refractivity (Wildman–Crippen MR) is 144 cm³/mol. The van der Waals surface area contributed by atoms with Crippen molar-refractivity contribution in [3.63, 3.8) is 0 Å². The van der Waals surface area contributed by atoms with Crippen LogP contribution in [0.5, 0.6) is 0 Å². The maximum atomic E-state index is 11.8. The van der Waals surface area contributed by atoms with Gasteiger partial charge in [0.25, 0.3) is 0 Å². The van der Waals surface area contributed by atoms with Crippen LogP contribution >= 0.6 is 22.6 Å². The van der Waals surface area contributed by atoms with Crippen LogP contribution in [-0.2, 0) is 48.3 Å². The summed E-state index contributed by atoms with van der Waals surface area (Å²) in [6, 6.07) is 29.9. The smallest absolute Gasteiger partial charge is 0.304 e. The lowest BCUT2D eigenvalue weighted by Crippen LogP contribution is -2.59. The molecule has 0 radical (unpaired) electrons. The fraction of sp³-hybridized carbons (Fsp3) is 0.345. The van der Waals surface area contributed by atoms with Gasteiger partial charge < -0.3 is 23.7 Å². The number of esters is 1. The molecule has 0 amide bonds. The van der Waals surface area contributed by atoms with E-state index in [0.29, 0.717) is 19.8 Å². The molecule has 0 N–H and O–H groups in total. The van der Waals surface area contributed by atoms with Crippen molar-refractivity contribution in [1.82, 2.24) is 0 Å². The molecule has 7 heteroatoms. The van der Waals surface area contributed by atoms with Crippen molar-refractivity contribution in [2.24, 2.45) is 0 Å². The topological polar surface area (TPSA) is 63.2 Å². The minimum atomic E-state index is -0.772. The Morgan fingerprint density at radius 3 is 1.72 bits per heavy atom. The third-order valence-corrected chi connectivity index (χ3v) is 7.12. The molecule has 190 valence electrons. The van der Waals surface area contributed by atoms with E-state index in [2.05, 4.69) is 22.6 Å². The van der Waals surface area contributed by atoms with Crippen molar-refractivity contribution in [2.45, 2.75) is 55.3 Å². The number of hydrogen-bond donors (Lipinski definition) is 0. The highest BCUT2D eigenvalue weighted by molar-refractivity contribution is 14.1. The number of ether oxygens (including phenoxy) is 5. The number of carbonyl (C=O) groups is 1. The minimum Gasteiger partial charge on any atom is -0.435 e. The van der Waals surface area contributed by atoms with E-state index in [1.54, 1.807) is 0 Å². The summed E-state index contributed by atoms with van der Waals surface area (Å²) in [7, 11) is 0. The molecule has 6 nitrogen and oxygen atoms in total. The van der Waals surface area contributed by atoms with Gasteiger partial charge in [-0.1, -0.05) is 114 Å². The van der Waals surface area contributed by atoms with Gasteiger partial charge >= 0.3 is 5.97 Å². The molecule has 0 unspecified atom stereocenters. The van der Waals surface area contributed by atoms with Crippen molar-refractivity contribution in [3.05, 3.63) is 108 Å². The van der Waals surface area contributed by atoms with E-state index >= 15 is 0 Å². The zero-order valence-electron chi connectivity index (χ0n) is 20.2. The normalized spacial score (nSPS) is 23.8. The van der Waals surface area contributed by atoms with Crippen LogP contribution in [0.2, 0.25) is 0 Å². The van der Waals surface area contributed by atoms with Gasteiger partial charge in [0.1, 0.15) is 22.2 Å². The fourth-order valence-corrected chi connectivity index (χ4v) is 4.99. The van der Waals surface area contributed by atoms with Crippen LogP contribution in [0.3, 0.4) is 0 Å². The largest absolute Gasteiger partial charge is 0.435 e. The van der Waals surface area contributed by atoms with Crippen LogP contribution < -0.4 is 0 Å². The summed E-state index contributed by atoms with van der Waals surface area (Å²) in [6.45, 7) is 2.89. The van der Waals surface area contributed by atoms with Gasteiger partial charge in [0.05, 0.1) is 26.4 Å². The van der Waals surface area contributed by atoms with Crippen molar-refractivity contribution in [2.75, 3.05) is 6.61 Å². The summed E-state index contributed by atoms with van der Waals surface area (Å²) in [5, 5.41) is 0. The van der Waals surface area contributed by atoms with Crippen molar-refractivity contribution in [1.29, 1.82) is 0 Å². The number of carbonyl (C=O) groups excluding carboxylic acids is 1. The van der Waals surface area contributed by atoms with Gasteiger partial charge in [-0.05, 0) is 16.7 Å². The van der Waals surface area contributed by atoms with Gasteiger partial charge in [-0.3, -0.25) is 4.79 Å². The zero-order valence-corrected chi connectivity index (χ0v) is 22.4. The molecular weight excluding hydrogens is 571 g/mol. The maximum Gasteiger partial charge on any atom is 0.304 e. The van der Waals surface area contributed by atoms with Gasteiger partial charge in [-0.2, -0.15) is 0 Å². The van der Waals surface area contributed by atoms with E-state index in [1.165, 1.54) is 6.92 Å². The second-order valence-corrected chi connectivity index (χ2v) is 10.1. The Balaban J connectivity index is 1.52. The van der Waals surface area contributed by atoms with E-state index in [-0.39, 0.29) is 10.5 Å². The first-order valence-electron chi connectivity index (χ1n) is 12.0. The Hall–Kier alpha value is -2.30. The van der Waals surface area contributed by atoms with Gasteiger partial charge in [0.15, 0.2) is 0 Å². The maximum absolute atomic E-state index is 11.8. The number of benzene rings is 3. The number of rotatable bonds is 11. The first-order chi connectivity index (χ1) is 17.6. The van der Waals surface area contributed by atoms with E-state index < -0.39 is 30.6 Å². The number of halogens is 1. The lowest BCUT2D eigenvalue weighted by Gasteiger charge is -2.43. The molecular formula is C29H31IO6. The lowest BCUT2D eigenvalue weighted by atomic mass is 10.0. The monoisotopic (exact) mass is 602 g/mol. The highest BCUT2D eigenvalue weighted by Crippen LogP contribution is 2.33. The fourth-order valence-electron chi connectivity index (χ4n) is 4.05. The molecule has 0 bridgehead atoms. The average Bonchev–Trinajstić information content (AvgIpc) is 2.90. The molecule has 1 fully saturated rings. The van der Waals surface area contributed by atoms with E-state index in [0.717, 1.165) is 16.7 Å². The summed E-state index contributed by atoms with van der Waals surface area (Å²) in [6.07, 6.45) is -2.09. The second kappa shape index (κ2) is 13.9. The first-order valence-corrected chi connectivity index (χ1v) is 13.2. The summed E-state index contributed by atoms with van der Waals surface area (Å²) in [4.78, 5) is 11.8. The van der Waals surface area contributed by atoms with Crippen LogP contribution in [-0.4, -0.2) is 41.1 Å². The minimum absolute atomic E-state index is 0.265. The Bertz CT molecular complexity index is 1050. The second-order valence-electron chi connectivity index (χ2n) is 8.62. The molecule has 1 aliphatic heterocycles. The molecule has 1 saturated heterocycles. The van der Waals surface area contributed by atoms with Gasteiger partial charge in [-0.15, -0.1) is 0 Å². The van der Waals surface area contributed by atoms with Crippen LogP contribution in [0.25, 0.3) is 0 Å². The molecule has 1 heterocycles. The van der Waals surface area contributed by atoms with Gasteiger partial charge in [-0.25, -0.2) is 0 Å². The summed E-state index contributed by atoms with van der Waals surface area (Å²) >= 11 is 2.24. The third kappa shape index (κ3) is 7.85. The van der Waals surface area contributed by atoms with E-state index in [4.69, 9.17) is 23.7 Å². The highest BCUT2D eigenvalue weighted by Gasteiger charge is 2.48. The third-order valence-electron chi connectivity index (χ3n) is 5.82. The van der Waals surface area contributed by atoms with E-state index in [9.17, 15) is 4.79 Å². The molecule has 36 heavy (non-hydrogen) atoms. The Kier molecular flexibility index (Phi) is 10.3. The SMILES string of the molecule is CC(=O)O[C@H]1O[C@H](COCc2ccccc2)[C@H](OCc2ccccc2)[C@H](OCc2ccccc2)[C@H]1I. The number of alkyl halides is 1. The highest BCUT2D eigenvalue weighted by atomic mass is 127. The predicted octanol–water partition coefficient (Wildman–Crippen LogP) is 5.47. The van der Waals surface area contributed by atoms with Crippen molar-refractivity contribution in [3.8, 4) is 0 Å². The summed E-state index contributed by atoms with van der Waals surface area (Å²) in [5.74, 6) is -0.406. The van der Waals surface area contributed by atoms with Crippen molar-refractivity contribution >= 4 is 28.6 Å². The molecule has 0 spiro atoms. The first kappa shape index (κ1) is 26.8. The Labute approximate surface area is 226 Å². The molecule has 3 aromatic rings. The summed E-state index contributed by atoms with van der Waals surface area (Å²) < 4.78 is 30.4. The molecule has 0 saturated carbocycles. The lowest BCUT2D eigenvalue weighted by molar-refractivity contribution is -0.265. The molecule has 0 aliphatic carbocycles. The van der Waals surface area contributed by atoms with Crippen LogP contribution in [0, 0.1) is 0 Å². The summed E-state index contributed by atoms with van der Waals surface area (Å²) in [5.41, 5.74) is 3.17. The number of hydrogen-bond acceptors (Lipinski definition) is 6. The van der Waals surface area contributed by atoms with Crippen LogP contribution in [0.15, 0.2) is 91.0 Å². The molecule has 5 atom stereocenters. The van der Waals surface area contributed by atoms with Gasteiger partial charge in [0.2, 0.25) is 6.29 Å². The van der Waals surface area contributed by atoms with Gasteiger partial charge in [0, 0.05) is 6.92 Å².